The highest BCUT2D eigenvalue weighted by molar-refractivity contribution is 5.79. The Labute approximate surface area is 101 Å². The fraction of sp³-hybridized carbons (Fsp3) is 0.462. The second-order valence-electron chi connectivity index (χ2n) is 4.38. The third-order valence-corrected chi connectivity index (χ3v) is 2.90. The van der Waals surface area contributed by atoms with Crippen molar-refractivity contribution >= 4 is 5.91 Å². The van der Waals surface area contributed by atoms with Crippen LogP contribution in [-0.4, -0.2) is 35.7 Å². The number of ether oxygens (including phenoxy) is 1. The number of amides is 1. The number of hydrogen-bond acceptors (Lipinski definition) is 3. The van der Waals surface area contributed by atoms with Crippen LogP contribution in [0.15, 0.2) is 24.3 Å². The zero-order valence-corrected chi connectivity index (χ0v) is 9.93. The molecule has 1 amide bonds. The molecule has 1 heterocycles. The Balaban J connectivity index is 1.97. The van der Waals surface area contributed by atoms with Gasteiger partial charge in [-0.2, -0.15) is 0 Å². The van der Waals surface area contributed by atoms with Gasteiger partial charge in [0.15, 0.2) is 0 Å². The lowest BCUT2D eigenvalue weighted by atomic mass is 10.1. The van der Waals surface area contributed by atoms with E-state index in [-0.39, 0.29) is 12.3 Å². The standard InChI is InChI=1S/C13H17NO3/c1-17-9-11-4-2-10(3-5-11)7-14-8-12(15)6-13(14)16/h2-5,12,15H,6-9H2,1H3. The van der Waals surface area contributed by atoms with Crippen molar-refractivity contribution in [2.24, 2.45) is 0 Å². The number of carbonyl (C=O) groups excluding carboxylic acids is 1. The SMILES string of the molecule is COCc1ccc(CN2CC(O)CC2=O)cc1. The minimum atomic E-state index is -0.504. The van der Waals surface area contributed by atoms with E-state index < -0.39 is 6.10 Å². The lowest BCUT2D eigenvalue weighted by molar-refractivity contribution is -0.128. The molecular formula is C13H17NO3. The van der Waals surface area contributed by atoms with Gasteiger partial charge in [-0.25, -0.2) is 0 Å². The average Bonchev–Trinajstić information content (AvgIpc) is 2.61. The number of β-amino-alcohol motifs (C(OH)–C–C–N with tert-alkyl or cyclic N) is 1. The van der Waals surface area contributed by atoms with E-state index in [1.807, 2.05) is 24.3 Å². The molecule has 1 aromatic carbocycles. The summed E-state index contributed by atoms with van der Waals surface area (Å²) in [4.78, 5) is 13.2. The Hall–Kier alpha value is -1.39. The fourth-order valence-electron chi connectivity index (χ4n) is 2.03. The van der Waals surface area contributed by atoms with Gasteiger partial charge in [-0.15, -0.1) is 0 Å². The van der Waals surface area contributed by atoms with Crippen LogP contribution in [0.25, 0.3) is 0 Å². The molecule has 92 valence electrons. The van der Waals surface area contributed by atoms with E-state index in [9.17, 15) is 9.90 Å². The van der Waals surface area contributed by atoms with Gasteiger partial charge in [-0.05, 0) is 11.1 Å². The summed E-state index contributed by atoms with van der Waals surface area (Å²) in [6.07, 6.45) is -0.253. The molecule has 0 saturated carbocycles. The van der Waals surface area contributed by atoms with Crippen LogP contribution in [0.1, 0.15) is 17.5 Å². The molecule has 0 spiro atoms. The lowest BCUT2D eigenvalue weighted by Gasteiger charge is -2.15. The molecule has 4 nitrogen and oxygen atoms in total. The molecule has 0 aromatic heterocycles. The largest absolute Gasteiger partial charge is 0.391 e. The summed E-state index contributed by atoms with van der Waals surface area (Å²) < 4.78 is 5.03. The summed E-state index contributed by atoms with van der Waals surface area (Å²) in [5.41, 5.74) is 2.19. The first-order valence-electron chi connectivity index (χ1n) is 5.71. The molecule has 1 atom stereocenters. The first-order valence-corrected chi connectivity index (χ1v) is 5.71. The van der Waals surface area contributed by atoms with Crippen molar-refractivity contribution in [2.75, 3.05) is 13.7 Å². The van der Waals surface area contributed by atoms with Crippen molar-refractivity contribution in [3.05, 3.63) is 35.4 Å². The molecule has 1 unspecified atom stereocenters. The van der Waals surface area contributed by atoms with Crippen LogP contribution in [0.2, 0.25) is 0 Å². The van der Waals surface area contributed by atoms with E-state index in [0.29, 0.717) is 19.7 Å². The van der Waals surface area contributed by atoms with Crippen LogP contribution in [0, 0.1) is 0 Å². The second kappa shape index (κ2) is 5.29. The molecule has 1 aliphatic heterocycles. The van der Waals surface area contributed by atoms with E-state index in [2.05, 4.69) is 0 Å². The molecule has 1 fully saturated rings. The maximum atomic E-state index is 11.5. The zero-order valence-electron chi connectivity index (χ0n) is 9.93. The maximum absolute atomic E-state index is 11.5. The van der Waals surface area contributed by atoms with Crippen molar-refractivity contribution in [1.29, 1.82) is 0 Å². The van der Waals surface area contributed by atoms with Crippen LogP contribution in [0.3, 0.4) is 0 Å². The van der Waals surface area contributed by atoms with Crippen molar-refractivity contribution < 1.29 is 14.6 Å². The highest BCUT2D eigenvalue weighted by atomic mass is 16.5. The van der Waals surface area contributed by atoms with Gasteiger partial charge in [0.05, 0.1) is 19.1 Å². The van der Waals surface area contributed by atoms with Gasteiger partial charge in [-0.1, -0.05) is 24.3 Å². The number of methoxy groups -OCH3 is 1. The second-order valence-corrected chi connectivity index (χ2v) is 4.38. The zero-order chi connectivity index (χ0) is 12.3. The molecule has 0 radical (unpaired) electrons. The fourth-order valence-corrected chi connectivity index (χ4v) is 2.03. The van der Waals surface area contributed by atoms with Gasteiger partial charge in [0.25, 0.3) is 0 Å². The van der Waals surface area contributed by atoms with E-state index in [1.165, 1.54) is 0 Å². The number of hydrogen-bond donors (Lipinski definition) is 1. The van der Waals surface area contributed by atoms with E-state index >= 15 is 0 Å². The number of nitrogens with zero attached hydrogens (tertiary/aromatic N) is 1. The summed E-state index contributed by atoms with van der Waals surface area (Å²) in [5.74, 6) is 0.0264. The Morgan fingerprint density at radius 2 is 2.00 bits per heavy atom. The van der Waals surface area contributed by atoms with Crippen LogP contribution in [0.4, 0.5) is 0 Å². The molecule has 2 rings (SSSR count). The van der Waals surface area contributed by atoms with Crippen LogP contribution in [-0.2, 0) is 22.7 Å². The Kier molecular flexibility index (Phi) is 3.76. The average molecular weight is 235 g/mol. The Morgan fingerprint density at radius 1 is 1.35 bits per heavy atom. The smallest absolute Gasteiger partial charge is 0.225 e. The van der Waals surface area contributed by atoms with E-state index in [0.717, 1.165) is 11.1 Å². The first-order chi connectivity index (χ1) is 8.19. The highest BCUT2D eigenvalue weighted by Crippen LogP contribution is 2.15. The van der Waals surface area contributed by atoms with Crippen molar-refractivity contribution in [1.82, 2.24) is 4.90 Å². The third kappa shape index (κ3) is 3.05. The minimum absolute atomic E-state index is 0.0264. The number of carbonyl (C=O) groups is 1. The lowest BCUT2D eigenvalue weighted by Crippen LogP contribution is -2.25. The quantitative estimate of drug-likeness (QED) is 0.844. The number of aliphatic hydroxyl groups excluding tert-OH is 1. The van der Waals surface area contributed by atoms with Gasteiger partial charge in [0.1, 0.15) is 0 Å². The van der Waals surface area contributed by atoms with Crippen LogP contribution < -0.4 is 0 Å². The predicted octanol–water partition coefficient (Wildman–Crippen LogP) is 0.926. The minimum Gasteiger partial charge on any atom is -0.391 e. The highest BCUT2D eigenvalue weighted by Gasteiger charge is 2.27. The number of rotatable bonds is 4. The Bertz CT molecular complexity index is 388. The molecule has 17 heavy (non-hydrogen) atoms. The predicted molar refractivity (Wildman–Crippen MR) is 63.2 cm³/mol. The van der Waals surface area contributed by atoms with E-state index in [4.69, 9.17) is 4.74 Å². The third-order valence-electron chi connectivity index (χ3n) is 2.90. The normalized spacial score (nSPS) is 20.0. The van der Waals surface area contributed by atoms with E-state index in [1.54, 1.807) is 12.0 Å². The summed E-state index contributed by atoms with van der Waals surface area (Å²) in [5, 5.41) is 9.38. The van der Waals surface area contributed by atoms with Gasteiger partial charge >= 0.3 is 0 Å². The van der Waals surface area contributed by atoms with Gasteiger partial charge < -0.3 is 14.7 Å². The van der Waals surface area contributed by atoms with Crippen LogP contribution >= 0.6 is 0 Å². The summed E-state index contributed by atoms with van der Waals surface area (Å²) in [7, 11) is 1.66. The monoisotopic (exact) mass is 235 g/mol. The molecule has 1 aliphatic rings. The summed E-state index contributed by atoms with van der Waals surface area (Å²) in [6.45, 7) is 1.61. The van der Waals surface area contributed by atoms with Crippen molar-refractivity contribution in [3.63, 3.8) is 0 Å². The topological polar surface area (TPSA) is 49.8 Å². The molecular weight excluding hydrogens is 218 g/mol. The molecule has 1 N–H and O–H groups in total. The number of likely N-dealkylation sites (tertiary alicyclic amines) is 1. The number of aliphatic hydroxyl groups is 1. The molecule has 0 bridgehead atoms. The van der Waals surface area contributed by atoms with Gasteiger partial charge in [0.2, 0.25) is 5.91 Å². The summed E-state index contributed by atoms with van der Waals surface area (Å²) in [6, 6.07) is 7.98. The molecule has 0 aliphatic carbocycles. The first kappa shape index (κ1) is 12.1. The molecule has 4 heteroatoms. The maximum Gasteiger partial charge on any atom is 0.225 e. The van der Waals surface area contributed by atoms with Crippen molar-refractivity contribution in [2.45, 2.75) is 25.7 Å². The van der Waals surface area contributed by atoms with Crippen molar-refractivity contribution in [3.8, 4) is 0 Å². The summed E-state index contributed by atoms with van der Waals surface area (Å²) >= 11 is 0. The molecule has 1 aromatic rings. The van der Waals surface area contributed by atoms with Gasteiger partial charge in [-0.3, -0.25) is 4.79 Å². The number of benzene rings is 1. The van der Waals surface area contributed by atoms with Crippen LogP contribution in [0.5, 0.6) is 0 Å². The van der Waals surface area contributed by atoms with Gasteiger partial charge in [0, 0.05) is 20.2 Å². The molecule has 1 saturated heterocycles. The Morgan fingerprint density at radius 3 is 2.53 bits per heavy atom.